The summed E-state index contributed by atoms with van der Waals surface area (Å²) in [5, 5.41) is 15.5. The Hall–Kier alpha value is -1.85. The van der Waals surface area contributed by atoms with Gasteiger partial charge < -0.3 is 10.4 Å². The molecular weight excluding hydrogens is 258 g/mol. The van der Waals surface area contributed by atoms with E-state index < -0.39 is 5.97 Å². The van der Waals surface area contributed by atoms with Crippen molar-refractivity contribution in [2.24, 2.45) is 5.92 Å². The lowest BCUT2D eigenvalue weighted by molar-refractivity contribution is -0.137. The van der Waals surface area contributed by atoms with Crippen molar-refractivity contribution in [3.8, 4) is 0 Å². The molecule has 0 fully saturated rings. The number of rotatable bonds is 8. The lowest BCUT2D eigenvalue weighted by Crippen LogP contribution is -2.25. The van der Waals surface area contributed by atoms with Crippen molar-refractivity contribution in [3.63, 3.8) is 0 Å². The molecule has 0 radical (unpaired) electrons. The molecular formula is C14H23N3O3. The molecule has 6 nitrogen and oxygen atoms in total. The van der Waals surface area contributed by atoms with Gasteiger partial charge in [-0.2, -0.15) is 5.10 Å². The predicted molar refractivity (Wildman–Crippen MR) is 75.6 cm³/mol. The number of aliphatic carboxylic acids is 1. The Morgan fingerprint density at radius 2 is 2.10 bits per heavy atom. The summed E-state index contributed by atoms with van der Waals surface area (Å²) in [5.74, 6) is -0.476. The highest BCUT2D eigenvalue weighted by Crippen LogP contribution is 2.09. The first-order valence-corrected chi connectivity index (χ1v) is 6.94. The van der Waals surface area contributed by atoms with Crippen LogP contribution in [0.5, 0.6) is 0 Å². The van der Waals surface area contributed by atoms with Gasteiger partial charge in [-0.3, -0.25) is 14.3 Å². The minimum Gasteiger partial charge on any atom is -0.481 e. The van der Waals surface area contributed by atoms with Crippen LogP contribution in [0.2, 0.25) is 0 Å². The fraction of sp³-hybridized carbons (Fsp3) is 0.643. The monoisotopic (exact) mass is 281 g/mol. The second-order valence-electron chi connectivity index (χ2n) is 5.33. The van der Waals surface area contributed by atoms with Gasteiger partial charge in [0.2, 0.25) is 0 Å². The minimum absolute atomic E-state index is 0.140. The molecule has 20 heavy (non-hydrogen) atoms. The van der Waals surface area contributed by atoms with Crippen LogP contribution in [0.1, 0.15) is 49.2 Å². The molecule has 6 heteroatoms. The zero-order valence-electron chi connectivity index (χ0n) is 12.3. The van der Waals surface area contributed by atoms with Crippen LogP contribution in [0.25, 0.3) is 0 Å². The maximum Gasteiger partial charge on any atom is 0.303 e. The lowest BCUT2D eigenvalue weighted by Gasteiger charge is -2.08. The molecule has 0 spiro atoms. The molecule has 0 unspecified atom stereocenters. The third-order valence-electron chi connectivity index (χ3n) is 2.99. The van der Waals surface area contributed by atoms with Crippen LogP contribution < -0.4 is 5.32 Å². The number of hydrogen-bond donors (Lipinski definition) is 2. The Morgan fingerprint density at radius 3 is 2.70 bits per heavy atom. The standard InChI is InChI=1S/C14H23N3O3/c1-10(2)9-17-11(3)12(8-16-17)14(20)15-7-5-4-6-13(18)19/h8,10H,4-7,9H2,1-3H3,(H,15,20)(H,18,19). The van der Waals surface area contributed by atoms with Gasteiger partial charge in [0, 0.05) is 25.2 Å². The van der Waals surface area contributed by atoms with Crippen LogP contribution in [-0.2, 0) is 11.3 Å². The largest absolute Gasteiger partial charge is 0.481 e. The number of nitrogens with one attached hydrogen (secondary N) is 1. The summed E-state index contributed by atoms with van der Waals surface area (Å²) in [7, 11) is 0. The molecule has 1 aromatic rings. The van der Waals surface area contributed by atoms with Crippen LogP contribution >= 0.6 is 0 Å². The second-order valence-corrected chi connectivity index (χ2v) is 5.33. The van der Waals surface area contributed by atoms with Crippen LogP contribution in [0.15, 0.2) is 6.20 Å². The van der Waals surface area contributed by atoms with Crippen molar-refractivity contribution in [3.05, 3.63) is 17.5 Å². The highest BCUT2D eigenvalue weighted by Gasteiger charge is 2.14. The van der Waals surface area contributed by atoms with Gasteiger partial charge in [0.25, 0.3) is 5.91 Å². The number of carboxylic acid groups (broad SMARTS) is 1. The van der Waals surface area contributed by atoms with Crippen molar-refractivity contribution >= 4 is 11.9 Å². The van der Waals surface area contributed by atoms with E-state index >= 15 is 0 Å². The maximum atomic E-state index is 12.0. The van der Waals surface area contributed by atoms with Crippen molar-refractivity contribution in [1.29, 1.82) is 0 Å². The topological polar surface area (TPSA) is 84.2 Å². The van der Waals surface area contributed by atoms with E-state index in [1.165, 1.54) is 0 Å². The van der Waals surface area contributed by atoms with Gasteiger partial charge in [-0.15, -0.1) is 0 Å². The van der Waals surface area contributed by atoms with E-state index in [0.717, 1.165) is 12.2 Å². The van der Waals surface area contributed by atoms with Gasteiger partial charge in [0.05, 0.1) is 11.8 Å². The first-order valence-electron chi connectivity index (χ1n) is 6.94. The van der Waals surface area contributed by atoms with Crippen molar-refractivity contribution in [2.45, 2.75) is 46.6 Å². The number of nitrogens with zero attached hydrogens (tertiary/aromatic N) is 2. The molecule has 1 aromatic heterocycles. The van der Waals surface area contributed by atoms with E-state index in [2.05, 4.69) is 24.3 Å². The summed E-state index contributed by atoms with van der Waals surface area (Å²) in [4.78, 5) is 22.3. The molecule has 1 rings (SSSR count). The van der Waals surface area contributed by atoms with E-state index in [0.29, 0.717) is 30.9 Å². The third-order valence-corrected chi connectivity index (χ3v) is 2.99. The summed E-state index contributed by atoms with van der Waals surface area (Å²) in [6, 6.07) is 0. The first kappa shape index (κ1) is 16.2. The molecule has 0 aliphatic rings. The summed E-state index contributed by atoms with van der Waals surface area (Å²) in [6.07, 6.45) is 2.96. The van der Waals surface area contributed by atoms with Crippen molar-refractivity contribution in [1.82, 2.24) is 15.1 Å². The zero-order valence-corrected chi connectivity index (χ0v) is 12.3. The Kier molecular flexibility index (Phi) is 6.21. The number of carbonyl (C=O) groups excluding carboxylic acids is 1. The van der Waals surface area contributed by atoms with Gasteiger partial charge in [0.1, 0.15) is 0 Å². The average Bonchev–Trinajstić information content (AvgIpc) is 2.69. The number of amides is 1. The Labute approximate surface area is 119 Å². The Morgan fingerprint density at radius 1 is 1.40 bits per heavy atom. The lowest BCUT2D eigenvalue weighted by atomic mass is 10.2. The fourth-order valence-electron chi connectivity index (χ4n) is 1.90. The molecule has 1 amide bonds. The number of carboxylic acids is 1. The summed E-state index contributed by atoms with van der Waals surface area (Å²) in [5.41, 5.74) is 1.45. The quantitative estimate of drug-likeness (QED) is 0.712. The summed E-state index contributed by atoms with van der Waals surface area (Å²) in [6.45, 7) is 7.36. The van der Waals surface area contributed by atoms with E-state index in [9.17, 15) is 9.59 Å². The third kappa shape index (κ3) is 5.03. The number of hydrogen-bond acceptors (Lipinski definition) is 3. The van der Waals surface area contributed by atoms with E-state index in [-0.39, 0.29) is 12.3 Å². The Bertz CT molecular complexity index is 466. The fourth-order valence-corrected chi connectivity index (χ4v) is 1.90. The molecule has 0 bridgehead atoms. The molecule has 112 valence electrons. The molecule has 1 heterocycles. The number of unbranched alkanes of at least 4 members (excludes halogenated alkanes) is 1. The normalized spacial score (nSPS) is 10.8. The zero-order chi connectivity index (χ0) is 15.1. The van der Waals surface area contributed by atoms with Gasteiger partial charge in [0.15, 0.2) is 0 Å². The molecule has 0 aliphatic carbocycles. The minimum atomic E-state index is -0.804. The summed E-state index contributed by atoms with van der Waals surface area (Å²) < 4.78 is 1.84. The Balaban J connectivity index is 2.43. The molecule has 0 aliphatic heterocycles. The predicted octanol–water partition coefficient (Wildman–Crippen LogP) is 1.83. The molecule has 2 N–H and O–H groups in total. The average molecular weight is 281 g/mol. The maximum absolute atomic E-state index is 12.0. The van der Waals surface area contributed by atoms with E-state index in [1.807, 2.05) is 11.6 Å². The molecule has 0 saturated carbocycles. The van der Waals surface area contributed by atoms with Crippen LogP contribution in [0.3, 0.4) is 0 Å². The van der Waals surface area contributed by atoms with Crippen LogP contribution in [-0.4, -0.2) is 33.3 Å². The second kappa shape index (κ2) is 7.67. The van der Waals surface area contributed by atoms with Gasteiger partial charge >= 0.3 is 5.97 Å². The van der Waals surface area contributed by atoms with Crippen molar-refractivity contribution in [2.75, 3.05) is 6.54 Å². The molecule has 0 aromatic carbocycles. The molecule has 0 atom stereocenters. The van der Waals surface area contributed by atoms with Gasteiger partial charge in [-0.05, 0) is 25.7 Å². The van der Waals surface area contributed by atoms with Crippen LogP contribution in [0, 0.1) is 12.8 Å². The summed E-state index contributed by atoms with van der Waals surface area (Å²) >= 11 is 0. The van der Waals surface area contributed by atoms with Gasteiger partial charge in [-0.25, -0.2) is 0 Å². The van der Waals surface area contributed by atoms with Gasteiger partial charge in [-0.1, -0.05) is 13.8 Å². The van der Waals surface area contributed by atoms with Crippen molar-refractivity contribution < 1.29 is 14.7 Å². The first-order chi connectivity index (χ1) is 9.41. The van der Waals surface area contributed by atoms with Crippen LogP contribution in [0.4, 0.5) is 0 Å². The van der Waals surface area contributed by atoms with E-state index in [1.54, 1.807) is 6.20 Å². The highest BCUT2D eigenvalue weighted by atomic mass is 16.4. The highest BCUT2D eigenvalue weighted by molar-refractivity contribution is 5.94. The smallest absolute Gasteiger partial charge is 0.303 e. The number of aromatic nitrogens is 2. The SMILES string of the molecule is Cc1c(C(=O)NCCCCC(=O)O)cnn1CC(C)C. The number of carbonyl (C=O) groups is 2. The molecule has 0 saturated heterocycles. The van der Waals surface area contributed by atoms with E-state index in [4.69, 9.17) is 5.11 Å².